The van der Waals surface area contributed by atoms with Gasteiger partial charge in [0.15, 0.2) is 18.1 Å². The van der Waals surface area contributed by atoms with Crippen LogP contribution in [0.4, 0.5) is 0 Å². The van der Waals surface area contributed by atoms with E-state index in [1.807, 2.05) is 26.2 Å². The van der Waals surface area contributed by atoms with E-state index in [1.165, 1.54) is 49.8 Å². The SMILES string of the molecule is CO[Si](O)(O[Si](OC)(OC)O[SiH](C)C)O[Si](OC)(O[SiH](C)C)O[Si](OC)(OC)OC. The number of hydrogen-bond donors (Lipinski definition) is 1. The molecular formula is C11H36O13Si6. The van der Waals surface area contributed by atoms with Crippen LogP contribution < -0.4 is 0 Å². The molecule has 0 aliphatic carbocycles. The maximum absolute atomic E-state index is 11.1. The van der Waals surface area contributed by atoms with E-state index in [1.54, 1.807) is 0 Å². The van der Waals surface area contributed by atoms with Crippen molar-refractivity contribution >= 4 is 54.3 Å². The van der Waals surface area contributed by atoms with Crippen molar-refractivity contribution in [1.29, 1.82) is 0 Å². The van der Waals surface area contributed by atoms with Gasteiger partial charge in [0, 0.05) is 49.8 Å². The standard InChI is InChI=1S/C11H36O13Si6/c1-13-27(12,22-29(17-5,18-6)20-25(8)9)23-30(19-7,21-26(10)11)24-28(14-2,15-3)16-4/h12,25-26H,1-11H3. The third kappa shape index (κ3) is 8.96. The molecule has 0 saturated heterocycles. The lowest BCUT2D eigenvalue weighted by Crippen LogP contribution is -2.69. The second kappa shape index (κ2) is 13.5. The van der Waals surface area contributed by atoms with Crippen LogP contribution in [0.15, 0.2) is 0 Å². The zero-order chi connectivity index (χ0) is 23.6. The summed E-state index contributed by atoms with van der Waals surface area (Å²) < 4.78 is 66.4. The lowest BCUT2D eigenvalue weighted by atomic mass is 11.8. The van der Waals surface area contributed by atoms with Crippen LogP contribution in [0.25, 0.3) is 0 Å². The molecule has 0 radical (unpaired) electrons. The maximum Gasteiger partial charge on any atom is 0.673 e. The summed E-state index contributed by atoms with van der Waals surface area (Å²) in [5, 5.41) is 0. The molecule has 0 aromatic carbocycles. The lowest BCUT2D eigenvalue weighted by molar-refractivity contribution is -0.0370. The van der Waals surface area contributed by atoms with Crippen molar-refractivity contribution < 1.29 is 56.4 Å². The van der Waals surface area contributed by atoms with Crippen molar-refractivity contribution in [3.8, 4) is 0 Å². The van der Waals surface area contributed by atoms with E-state index in [-0.39, 0.29) is 0 Å². The summed E-state index contributed by atoms with van der Waals surface area (Å²) in [4.78, 5) is 11.1. The van der Waals surface area contributed by atoms with E-state index in [2.05, 4.69) is 0 Å². The van der Waals surface area contributed by atoms with E-state index in [0.29, 0.717) is 0 Å². The summed E-state index contributed by atoms with van der Waals surface area (Å²) in [5.74, 6) is 0. The van der Waals surface area contributed by atoms with Gasteiger partial charge in [0.1, 0.15) is 0 Å². The molecule has 13 nitrogen and oxygen atoms in total. The summed E-state index contributed by atoms with van der Waals surface area (Å²) in [5.41, 5.74) is 0. The largest absolute Gasteiger partial charge is 0.673 e. The highest BCUT2D eigenvalue weighted by Crippen LogP contribution is 2.27. The predicted octanol–water partition coefficient (Wildman–Crippen LogP) is -0.704. The first-order chi connectivity index (χ1) is 13.9. The monoisotopic (exact) mass is 544 g/mol. The van der Waals surface area contributed by atoms with Gasteiger partial charge in [-0.1, -0.05) is 0 Å². The van der Waals surface area contributed by atoms with Crippen LogP contribution in [0, 0.1) is 0 Å². The first-order valence-corrected chi connectivity index (χ1v) is 21.1. The van der Waals surface area contributed by atoms with Crippen LogP contribution >= 0.6 is 0 Å². The zero-order valence-electron chi connectivity index (χ0n) is 19.5. The Kier molecular flexibility index (Phi) is 13.8. The lowest BCUT2D eigenvalue weighted by Gasteiger charge is -2.38. The smallest absolute Gasteiger partial charge is 0.398 e. The normalized spacial score (nSPS) is 17.4. The van der Waals surface area contributed by atoms with Gasteiger partial charge in [0.25, 0.3) is 0 Å². The third-order valence-corrected chi connectivity index (χ3v) is 18.9. The first-order valence-electron chi connectivity index (χ1n) is 8.92. The molecule has 30 heavy (non-hydrogen) atoms. The molecule has 182 valence electrons. The summed E-state index contributed by atoms with van der Waals surface area (Å²) in [7, 11) is -10.6. The number of rotatable bonds is 17. The van der Waals surface area contributed by atoms with Crippen LogP contribution in [0.2, 0.25) is 26.2 Å². The van der Waals surface area contributed by atoms with Gasteiger partial charge in [-0.15, -0.1) is 0 Å². The van der Waals surface area contributed by atoms with Crippen molar-refractivity contribution in [3.05, 3.63) is 0 Å². The Hall–Kier alpha value is 0.781. The van der Waals surface area contributed by atoms with E-state index in [0.717, 1.165) is 0 Å². The summed E-state index contributed by atoms with van der Waals surface area (Å²) in [6.07, 6.45) is 0. The summed E-state index contributed by atoms with van der Waals surface area (Å²) in [6.45, 7) is 7.48. The first kappa shape index (κ1) is 30.8. The van der Waals surface area contributed by atoms with Gasteiger partial charge in [-0.25, -0.2) is 0 Å². The van der Waals surface area contributed by atoms with Gasteiger partial charge in [-0.2, -0.15) is 0 Å². The molecule has 2 unspecified atom stereocenters. The Balaban J connectivity index is 6.11. The molecule has 0 aliphatic heterocycles. The Morgan fingerprint density at radius 1 is 0.467 bits per heavy atom. The molecule has 0 bridgehead atoms. The van der Waals surface area contributed by atoms with E-state index in [9.17, 15) is 4.80 Å². The molecule has 0 amide bonds. The van der Waals surface area contributed by atoms with Crippen molar-refractivity contribution in [3.63, 3.8) is 0 Å². The highest BCUT2D eigenvalue weighted by molar-refractivity contribution is 6.80. The topological polar surface area (TPSA) is 131 Å². The zero-order valence-corrected chi connectivity index (χ0v) is 25.8. The Morgan fingerprint density at radius 3 is 1.10 bits per heavy atom. The van der Waals surface area contributed by atoms with Gasteiger partial charge in [-0.05, 0) is 26.2 Å². The Bertz CT molecular complexity index is 474. The average molecular weight is 545 g/mol. The molecule has 0 saturated carbocycles. The molecule has 0 aromatic heterocycles. The van der Waals surface area contributed by atoms with Gasteiger partial charge >= 0.3 is 36.2 Å². The second-order valence-electron chi connectivity index (χ2n) is 6.09. The second-order valence-corrected chi connectivity index (χ2v) is 21.5. The fourth-order valence-electron chi connectivity index (χ4n) is 2.01. The Morgan fingerprint density at radius 2 is 0.800 bits per heavy atom. The minimum atomic E-state index is -4.56. The molecular weight excluding hydrogens is 509 g/mol. The molecule has 19 heteroatoms. The van der Waals surface area contributed by atoms with Crippen LogP contribution in [0.1, 0.15) is 0 Å². The van der Waals surface area contributed by atoms with Crippen LogP contribution in [-0.4, -0.2) is 109 Å². The van der Waals surface area contributed by atoms with Gasteiger partial charge in [0.2, 0.25) is 0 Å². The molecule has 0 spiro atoms. The molecule has 0 aliphatic rings. The van der Waals surface area contributed by atoms with E-state index < -0.39 is 54.3 Å². The van der Waals surface area contributed by atoms with Gasteiger partial charge in [0.05, 0.1) is 0 Å². The van der Waals surface area contributed by atoms with Crippen molar-refractivity contribution in [2.24, 2.45) is 0 Å². The average Bonchev–Trinajstić information content (AvgIpc) is 2.70. The van der Waals surface area contributed by atoms with Crippen molar-refractivity contribution in [2.75, 3.05) is 49.8 Å². The van der Waals surface area contributed by atoms with Crippen molar-refractivity contribution in [2.45, 2.75) is 26.2 Å². The van der Waals surface area contributed by atoms with Crippen LogP contribution in [-0.2, 0) is 51.6 Å². The van der Waals surface area contributed by atoms with Crippen LogP contribution in [0.3, 0.4) is 0 Å². The minimum absolute atomic E-state index is 1.19. The molecule has 1 N–H and O–H groups in total. The number of hydrogen-bond acceptors (Lipinski definition) is 13. The summed E-state index contributed by atoms with van der Waals surface area (Å²) in [6, 6.07) is 0. The predicted molar refractivity (Wildman–Crippen MR) is 117 cm³/mol. The Labute approximate surface area is 186 Å². The molecule has 2 atom stereocenters. The molecule has 0 fully saturated rings. The third-order valence-electron chi connectivity index (χ3n) is 3.28. The quantitative estimate of drug-likeness (QED) is 0.232. The molecule has 0 aromatic rings. The van der Waals surface area contributed by atoms with Gasteiger partial charge in [-0.3, -0.25) is 0 Å². The maximum atomic E-state index is 11.1. The fraction of sp³-hybridized carbons (Fsp3) is 1.00. The highest BCUT2D eigenvalue weighted by Gasteiger charge is 2.66. The van der Waals surface area contributed by atoms with E-state index >= 15 is 0 Å². The van der Waals surface area contributed by atoms with Crippen molar-refractivity contribution in [1.82, 2.24) is 0 Å². The molecule has 0 rings (SSSR count). The van der Waals surface area contributed by atoms with E-state index in [4.69, 9.17) is 51.6 Å². The minimum Gasteiger partial charge on any atom is -0.398 e. The summed E-state index contributed by atoms with van der Waals surface area (Å²) >= 11 is 0. The van der Waals surface area contributed by atoms with Crippen LogP contribution in [0.5, 0.6) is 0 Å². The highest BCUT2D eigenvalue weighted by atomic mass is 28.6. The van der Waals surface area contributed by atoms with Gasteiger partial charge < -0.3 is 56.4 Å². The fourth-order valence-corrected chi connectivity index (χ4v) is 18.2. The molecule has 0 heterocycles.